The van der Waals surface area contributed by atoms with Gasteiger partial charge in [-0.25, -0.2) is 4.79 Å². The molecular weight excluding hydrogens is 432 g/mol. The maximum atomic E-state index is 12.6. The number of hydrogen-bond acceptors (Lipinski definition) is 6. The van der Waals surface area contributed by atoms with Gasteiger partial charge in [0.1, 0.15) is 30.0 Å². The van der Waals surface area contributed by atoms with E-state index in [0.717, 1.165) is 30.4 Å². The Balaban J connectivity index is 1.69. The Bertz CT molecular complexity index is 1160. The predicted molar refractivity (Wildman–Crippen MR) is 137 cm³/mol. The molecule has 4 N–H and O–H groups in total. The number of H-pyrrole nitrogens is 1. The molecule has 2 aromatic carbocycles. The van der Waals surface area contributed by atoms with Crippen molar-refractivity contribution in [2.45, 2.75) is 45.8 Å². The van der Waals surface area contributed by atoms with Crippen LogP contribution in [0.2, 0.25) is 0 Å². The molecule has 0 saturated heterocycles. The van der Waals surface area contributed by atoms with E-state index in [1.54, 1.807) is 4.90 Å². The third-order valence-corrected chi connectivity index (χ3v) is 5.59. The Morgan fingerprint density at radius 1 is 1.03 bits per heavy atom. The Labute approximate surface area is 199 Å². The third-order valence-electron chi connectivity index (χ3n) is 5.59. The van der Waals surface area contributed by atoms with Crippen LogP contribution in [0.25, 0.3) is 11.1 Å². The van der Waals surface area contributed by atoms with Crippen molar-refractivity contribution in [3.8, 4) is 16.9 Å². The van der Waals surface area contributed by atoms with Crippen molar-refractivity contribution in [1.29, 1.82) is 0 Å². The van der Waals surface area contributed by atoms with Gasteiger partial charge in [-0.3, -0.25) is 14.3 Å². The van der Waals surface area contributed by atoms with Gasteiger partial charge in [-0.05, 0) is 36.1 Å². The van der Waals surface area contributed by atoms with E-state index in [0.29, 0.717) is 18.8 Å². The molecule has 3 rings (SSSR count). The molecule has 8 nitrogen and oxygen atoms in total. The summed E-state index contributed by atoms with van der Waals surface area (Å²) in [5.74, 6) is 0.770. The highest BCUT2D eigenvalue weighted by molar-refractivity contribution is 5.64. The summed E-state index contributed by atoms with van der Waals surface area (Å²) in [7, 11) is 0. The zero-order valence-corrected chi connectivity index (χ0v) is 19.9. The minimum atomic E-state index is -0.866. The average Bonchev–Trinajstić information content (AvgIpc) is 2.83. The molecule has 1 aromatic heterocycles. The molecule has 1 heterocycles. The van der Waals surface area contributed by atoms with Crippen LogP contribution in [0.4, 0.5) is 11.5 Å². The summed E-state index contributed by atoms with van der Waals surface area (Å²) in [6.07, 6.45) is 1.53. The van der Waals surface area contributed by atoms with Crippen molar-refractivity contribution >= 4 is 11.5 Å². The molecule has 182 valence electrons. The number of unbranched alkanes of at least 4 members (excludes halogenated alkanes) is 1. The first-order chi connectivity index (χ1) is 16.4. The van der Waals surface area contributed by atoms with Crippen molar-refractivity contribution in [2.24, 2.45) is 0 Å². The zero-order valence-electron chi connectivity index (χ0n) is 19.9. The Kier molecular flexibility index (Phi) is 8.93. The molecule has 0 aliphatic carbocycles. The summed E-state index contributed by atoms with van der Waals surface area (Å²) in [5.41, 5.74) is 7.59. The van der Waals surface area contributed by atoms with Crippen LogP contribution in [0.3, 0.4) is 0 Å². The lowest BCUT2D eigenvalue weighted by molar-refractivity contribution is 0.112. The van der Waals surface area contributed by atoms with E-state index >= 15 is 0 Å². The van der Waals surface area contributed by atoms with Crippen molar-refractivity contribution in [2.75, 3.05) is 30.3 Å². The number of aromatic amines is 1. The van der Waals surface area contributed by atoms with Crippen molar-refractivity contribution in [3.63, 3.8) is 0 Å². The fourth-order valence-corrected chi connectivity index (χ4v) is 3.86. The molecular formula is C26H34N4O4. The number of benzene rings is 2. The lowest BCUT2D eigenvalue weighted by Crippen LogP contribution is -2.42. The molecule has 3 aromatic rings. The van der Waals surface area contributed by atoms with E-state index < -0.39 is 17.4 Å². The molecule has 34 heavy (non-hydrogen) atoms. The van der Waals surface area contributed by atoms with E-state index in [9.17, 15) is 14.7 Å². The average molecular weight is 467 g/mol. The molecule has 0 aliphatic rings. The van der Waals surface area contributed by atoms with Gasteiger partial charge in [-0.15, -0.1) is 0 Å². The normalized spacial score (nSPS) is 11.9. The standard InChI is InChI=1S/C26H34N4O4/c1-3-5-16-30-24(27)23(25(32)28-26(30)33)29(15-4-2)17-21(31)18-34-22-13-11-20(12-14-22)19-9-7-6-8-10-19/h6-14,21,31H,3-5,15-18,27H2,1-2H3,(H,28,32,33). The molecule has 0 saturated carbocycles. The summed E-state index contributed by atoms with van der Waals surface area (Å²) in [5, 5.41) is 10.7. The van der Waals surface area contributed by atoms with Crippen LogP contribution < -0.4 is 26.6 Å². The minimum Gasteiger partial charge on any atom is -0.491 e. The number of ether oxygens (including phenoxy) is 1. The predicted octanol–water partition coefficient (Wildman–Crippen LogP) is 3.24. The van der Waals surface area contributed by atoms with E-state index in [4.69, 9.17) is 10.5 Å². The molecule has 0 fully saturated rings. The first-order valence-corrected chi connectivity index (χ1v) is 11.8. The first-order valence-electron chi connectivity index (χ1n) is 11.8. The van der Waals surface area contributed by atoms with Gasteiger partial charge in [0.2, 0.25) is 0 Å². The highest BCUT2D eigenvalue weighted by Gasteiger charge is 2.21. The maximum absolute atomic E-state index is 12.6. The molecule has 8 heteroatoms. The van der Waals surface area contributed by atoms with Gasteiger partial charge in [0, 0.05) is 19.6 Å². The van der Waals surface area contributed by atoms with E-state index in [-0.39, 0.29) is 24.7 Å². The lowest BCUT2D eigenvalue weighted by atomic mass is 10.1. The number of hydrogen-bond donors (Lipinski definition) is 3. The molecule has 0 spiro atoms. The summed E-state index contributed by atoms with van der Waals surface area (Å²) in [4.78, 5) is 28.9. The van der Waals surface area contributed by atoms with Gasteiger partial charge in [0.25, 0.3) is 5.56 Å². The number of nitrogens with one attached hydrogen (secondary N) is 1. The molecule has 1 unspecified atom stereocenters. The van der Waals surface area contributed by atoms with E-state index in [1.165, 1.54) is 4.57 Å². The molecule has 0 radical (unpaired) electrons. The second-order valence-electron chi connectivity index (χ2n) is 8.30. The number of nitrogens with two attached hydrogens (primary N) is 1. The monoisotopic (exact) mass is 466 g/mol. The highest BCUT2D eigenvalue weighted by atomic mass is 16.5. The molecule has 1 atom stereocenters. The first kappa shape index (κ1) is 25.1. The Morgan fingerprint density at radius 3 is 2.35 bits per heavy atom. The van der Waals surface area contributed by atoms with Gasteiger partial charge in [-0.2, -0.15) is 0 Å². The number of nitrogen functional groups attached to an aromatic ring is 1. The second-order valence-corrected chi connectivity index (χ2v) is 8.30. The third kappa shape index (κ3) is 6.29. The van der Waals surface area contributed by atoms with Crippen LogP contribution >= 0.6 is 0 Å². The van der Waals surface area contributed by atoms with Crippen LogP contribution in [-0.4, -0.2) is 40.5 Å². The van der Waals surface area contributed by atoms with Crippen LogP contribution in [-0.2, 0) is 6.54 Å². The van der Waals surface area contributed by atoms with Crippen LogP contribution in [0, 0.1) is 0 Å². The number of anilines is 2. The van der Waals surface area contributed by atoms with Gasteiger partial charge >= 0.3 is 5.69 Å². The zero-order chi connectivity index (χ0) is 24.5. The largest absolute Gasteiger partial charge is 0.491 e. The highest BCUT2D eigenvalue weighted by Crippen LogP contribution is 2.22. The number of aliphatic hydroxyl groups is 1. The molecule has 0 aliphatic heterocycles. The van der Waals surface area contributed by atoms with Crippen LogP contribution in [0.5, 0.6) is 5.75 Å². The van der Waals surface area contributed by atoms with Gasteiger partial charge in [0.05, 0.1) is 0 Å². The minimum absolute atomic E-state index is 0.0538. The Morgan fingerprint density at radius 2 is 1.71 bits per heavy atom. The molecule has 0 bridgehead atoms. The smallest absolute Gasteiger partial charge is 0.330 e. The topological polar surface area (TPSA) is 114 Å². The Hall–Kier alpha value is -3.52. The summed E-state index contributed by atoms with van der Waals surface area (Å²) >= 11 is 0. The van der Waals surface area contributed by atoms with E-state index in [2.05, 4.69) is 4.98 Å². The van der Waals surface area contributed by atoms with Gasteiger partial charge < -0.3 is 20.5 Å². The fraction of sp³-hybridized carbons (Fsp3) is 0.385. The second kappa shape index (κ2) is 12.1. The number of rotatable bonds is 12. The van der Waals surface area contributed by atoms with Crippen LogP contribution in [0.1, 0.15) is 33.1 Å². The summed E-state index contributed by atoms with van der Waals surface area (Å²) in [6, 6.07) is 17.7. The lowest BCUT2D eigenvalue weighted by Gasteiger charge is -2.28. The number of aliphatic hydroxyl groups excluding tert-OH is 1. The summed E-state index contributed by atoms with van der Waals surface area (Å²) in [6.45, 7) is 5.12. The fourth-order valence-electron chi connectivity index (χ4n) is 3.86. The van der Waals surface area contributed by atoms with Gasteiger partial charge in [-0.1, -0.05) is 62.7 Å². The number of aromatic nitrogens is 2. The van der Waals surface area contributed by atoms with Gasteiger partial charge in [0.15, 0.2) is 0 Å². The van der Waals surface area contributed by atoms with Crippen molar-refractivity contribution in [1.82, 2.24) is 9.55 Å². The maximum Gasteiger partial charge on any atom is 0.330 e. The number of nitrogens with zero attached hydrogens (tertiary/aromatic N) is 2. The SMILES string of the molecule is CCCCn1c(N)c(N(CCC)CC(O)COc2ccc(-c3ccccc3)cc2)c(=O)[nH]c1=O. The summed E-state index contributed by atoms with van der Waals surface area (Å²) < 4.78 is 7.17. The van der Waals surface area contributed by atoms with Crippen LogP contribution in [0.15, 0.2) is 64.2 Å². The van der Waals surface area contributed by atoms with E-state index in [1.807, 2.05) is 68.4 Å². The van der Waals surface area contributed by atoms with Crippen molar-refractivity contribution < 1.29 is 9.84 Å². The quantitative estimate of drug-likeness (QED) is 0.378. The molecule has 0 amide bonds. The van der Waals surface area contributed by atoms with Crippen molar-refractivity contribution in [3.05, 3.63) is 75.4 Å².